The molecule has 3 heterocycles. The van der Waals surface area contributed by atoms with Crippen LogP contribution in [-0.4, -0.2) is 59.6 Å². The number of amides is 3. The first-order valence-corrected chi connectivity index (χ1v) is 12.9. The molecule has 0 unspecified atom stereocenters. The second-order valence-electron chi connectivity index (χ2n) is 10.8. The summed E-state index contributed by atoms with van der Waals surface area (Å²) in [6.07, 6.45) is 9.32. The van der Waals surface area contributed by atoms with E-state index in [9.17, 15) is 14.4 Å². The Balaban J connectivity index is 1.28. The molecule has 2 saturated carbocycles. The highest BCUT2D eigenvalue weighted by molar-refractivity contribution is 6.03. The summed E-state index contributed by atoms with van der Waals surface area (Å²) in [5, 5.41) is 6.21. The van der Waals surface area contributed by atoms with E-state index in [-0.39, 0.29) is 29.8 Å². The first-order chi connectivity index (χ1) is 16.9. The molecule has 2 bridgehead atoms. The second-order valence-corrected chi connectivity index (χ2v) is 10.8. The van der Waals surface area contributed by atoms with Gasteiger partial charge in [-0.15, -0.1) is 0 Å². The van der Waals surface area contributed by atoms with E-state index >= 15 is 0 Å². The third-order valence-electron chi connectivity index (χ3n) is 8.58. The first-order valence-electron chi connectivity index (χ1n) is 12.9. The van der Waals surface area contributed by atoms with Gasteiger partial charge in [0.15, 0.2) is 0 Å². The maximum Gasteiger partial charge on any atom is 0.246 e. The van der Waals surface area contributed by atoms with E-state index in [2.05, 4.69) is 17.6 Å². The highest BCUT2D eigenvalue weighted by Gasteiger charge is 2.74. The molecule has 2 saturated heterocycles. The Bertz CT molecular complexity index is 1080. The molecule has 2 aliphatic carbocycles. The minimum Gasteiger partial charge on any atom is -0.497 e. The van der Waals surface area contributed by atoms with Crippen molar-refractivity contribution in [2.24, 2.45) is 17.8 Å². The molecule has 186 valence electrons. The van der Waals surface area contributed by atoms with Gasteiger partial charge in [-0.2, -0.15) is 0 Å². The highest BCUT2D eigenvalue weighted by Crippen LogP contribution is 2.57. The number of fused-ring (bicyclic) bond motifs is 1. The average Bonchev–Trinajstić information content (AvgIpc) is 3.44. The fourth-order valence-electron chi connectivity index (χ4n) is 6.67. The SMILES string of the molecule is COc1cccc(NC(=O)[C@H]2[C@H]3C=C[C@@]4(O3)[C@H]2C(=O)N(C2CC2)[C@@H]4C(=O)N[C@@H]2CCCC[C@H]2C)c1. The van der Waals surface area contributed by atoms with Gasteiger partial charge in [0.05, 0.1) is 25.0 Å². The van der Waals surface area contributed by atoms with E-state index in [4.69, 9.17) is 9.47 Å². The van der Waals surface area contributed by atoms with Crippen LogP contribution in [0.15, 0.2) is 36.4 Å². The molecule has 8 nitrogen and oxygen atoms in total. The smallest absolute Gasteiger partial charge is 0.246 e. The van der Waals surface area contributed by atoms with Gasteiger partial charge in [-0.05, 0) is 43.7 Å². The summed E-state index contributed by atoms with van der Waals surface area (Å²) in [7, 11) is 1.57. The number of nitrogens with one attached hydrogen (secondary N) is 2. The zero-order valence-corrected chi connectivity index (χ0v) is 20.2. The van der Waals surface area contributed by atoms with Crippen molar-refractivity contribution in [3.05, 3.63) is 36.4 Å². The predicted octanol–water partition coefficient (Wildman–Crippen LogP) is 2.64. The van der Waals surface area contributed by atoms with Crippen molar-refractivity contribution in [1.29, 1.82) is 0 Å². The van der Waals surface area contributed by atoms with Crippen LogP contribution in [0.25, 0.3) is 0 Å². The fourth-order valence-corrected chi connectivity index (χ4v) is 6.67. The molecule has 6 rings (SSSR count). The van der Waals surface area contributed by atoms with Crippen molar-refractivity contribution in [3.63, 3.8) is 0 Å². The van der Waals surface area contributed by atoms with E-state index in [1.54, 1.807) is 36.3 Å². The molecule has 2 N–H and O–H groups in total. The quantitative estimate of drug-likeness (QED) is 0.612. The lowest BCUT2D eigenvalue weighted by molar-refractivity contribution is -0.142. The molecule has 3 aliphatic heterocycles. The minimum absolute atomic E-state index is 0.0418. The maximum atomic E-state index is 13.8. The number of benzene rings is 1. The molecule has 7 atom stereocenters. The summed E-state index contributed by atoms with van der Waals surface area (Å²) in [4.78, 5) is 42.8. The van der Waals surface area contributed by atoms with E-state index in [1.807, 2.05) is 12.2 Å². The van der Waals surface area contributed by atoms with Gasteiger partial charge < -0.3 is 25.0 Å². The number of nitrogens with zero attached hydrogens (tertiary/aromatic N) is 1. The first kappa shape index (κ1) is 22.6. The van der Waals surface area contributed by atoms with Gasteiger partial charge in [-0.1, -0.05) is 38.0 Å². The summed E-state index contributed by atoms with van der Waals surface area (Å²) < 4.78 is 11.7. The van der Waals surface area contributed by atoms with E-state index in [0.29, 0.717) is 17.4 Å². The van der Waals surface area contributed by atoms with Gasteiger partial charge in [0.1, 0.15) is 17.4 Å². The van der Waals surface area contributed by atoms with Crippen molar-refractivity contribution in [3.8, 4) is 5.75 Å². The molecule has 1 aromatic rings. The van der Waals surface area contributed by atoms with Gasteiger partial charge in [0.2, 0.25) is 17.7 Å². The molecular formula is C27H33N3O5. The van der Waals surface area contributed by atoms with Crippen LogP contribution in [0.4, 0.5) is 5.69 Å². The standard InChI is InChI=1S/C27H33N3O5/c1-15-6-3-4-9-19(15)29-25(32)23-27-13-12-20(35-27)21(22(27)26(33)30(23)17-10-11-17)24(31)28-16-7-5-8-18(14-16)34-2/h5,7-8,12-15,17,19-23H,3-4,6,9-11H2,1-2H3,(H,28,31)(H,29,32)/t15-,19-,20-,21+,22-,23-,27-/m1/s1. The number of anilines is 1. The molecule has 1 spiro atoms. The van der Waals surface area contributed by atoms with Crippen LogP contribution in [0, 0.1) is 17.8 Å². The van der Waals surface area contributed by atoms with Crippen LogP contribution in [-0.2, 0) is 19.1 Å². The molecule has 0 aromatic heterocycles. The Morgan fingerprint density at radius 3 is 2.69 bits per heavy atom. The molecule has 1 aromatic carbocycles. The lowest BCUT2D eigenvalue weighted by atomic mass is 9.74. The lowest BCUT2D eigenvalue weighted by Gasteiger charge is -2.36. The van der Waals surface area contributed by atoms with Crippen molar-refractivity contribution in [2.45, 2.75) is 75.3 Å². The third kappa shape index (κ3) is 3.56. The van der Waals surface area contributed by atoms with Crippen LogP contribution in [0.5, 0.6) is 5.75 Å². The van der Waals surface area contributed by atoms with Crippen LogP contribution in [0.2, 0.25) is 0 Å². The summed E-state index contributed by atoms with van der Waals surface area (Å²) >= 11 is 0. The second kappa shape index (κ2) is 8.36. The monoisotopic (exact) mass is 479 g/mol. The van der Waals surface area contributed by atoms with Crippen molar-refractivity contribution >= 4 is 23.4 Å². The van der Waals surface area contributed by atoms with Gasteiger partial charge in [-0.25, -0.2) is 0 Å². The molecule has 5 aliphatic rings. The molecule has 0 radical (unpaired) electrons. The van der Waals surface area contributed by atoms with Gasteiger partial charge in [0, 0.05) is 23.8 Å². The third-order valence-corrected chi connectivity index (χ3v) is 8.58. The van der Waals surface area contributed by atoms with Crippen molar-refractivity contribution < 1.29 is 23.9 Å². The van der Waals surface area contributed by atoms with E-state index in [0.717, 1.165) is 32.1 Å². The fraction of sp³-hybridized carbons (Fsp3) is 0.593. The number of carbonyl (C=O) groups is 3. The number of methoxy groups -OCH3 is 1. The Hall–Kier alpha value is -2.87. The largest absolute Gasteiger partial charge is 0.497 e. The van der Waals surface area contributed by atoms with Crippen LogP contribution in [0.1, 0.15) is 45.4 Å². The average molecular weight is 480 g/mol. The van der Waals surface area contributed by atoms with Gasteiger partial charge in [0.25, 0.3) is 0 Å². The Morgan fingerprint density at radius 1 is 1.14 bits per heavy atom. The lowest BCUT2D eigenvalue weighted by Crippen LogP contribution is -2.57. The van der Waals surface area contributed by atoms with Crippen molar-refractivity contribution in [2.75, 3.05) is 12.4 Å². The predicted molar refractivity (Wildman–Crippen MR) is 129 cm³/mol. The number of hydrogen-bond acceptors (Lipinski definition) is 5. The number of hydrogen-bond donors (Lipinski definition) is 2. The van der Waals surface area contributed by atoms with Gasteiger partial charge in [-0.3, -0.25) is 14.4 Å². The summed E-state index contributed by atoms with van der Waals surface area (Å²) in [6.45, 7) is 2.18. The summed E-state index contributed by atoms with van der Waals surface area (Å²) in [6, 6.07) is 6.55. The minimum atomic E-state index is -1.09. The molecule has 3 amide bonds. The van der Waals surface area contributed by atoms with Crippen LogP contribution < -0.4 is 15.4 Å². The van der Waals surface area contributed by atoms with Crippen molar-refractivity contribution in [1.82, 2.24) is 10.2 Å². The molecular weight excluding hydrogens is 446 g/mol. The van der Waals surface area contributed by atoms with E-state index in [1.165, 1.54) is 6.42 Å². The van der Waals surface area contributed by atoms with Gasteiger partial charge >= 0.3 is 0 Å². The maximum absolute atomic E-state index is 13.8. The normalized spacial score (nSPS) is 37.3. The Kier molecular flexibility index (Phi) is 5.40. The van der Waals surface area contributed by atoms with E-state index < -0.39 is 29.6 Å². The number of ether oxygens (including phenoxy) is 2. The molecule has 35 heavy (non-hydrogen) atoms. The highest BCUT2D eigenvalue weighted by atomic mass is 16.5. The zero-order chi connectivity index (χ0) is 24.3. The molecule has 4 fully saturated rings. The molecule has 8 heteroatoms. The number of rotatable bonds is 6. The zero-order valence-electron chi connectivity index (χ0n) is 20.2. The van der Waals surface area contributed by atoms with Crippen LogP contribution >= 0.6 is 0 Å². The number of likely N-dealkylation sites (tertiary alicyclic amines) is 1. The summed E-state index contributed by atoms with van der Waals surface area (Å²) in [5.74, 6) is -0.910. The van der Waals surface area contributed by atoms with Crippen LogP contribution in [0.3, 0.4) is 0 Å². The number of carbonyl (C=O) groups excluding carboxylic acids is 3. The topological polar surface area (TPSA) is 97.0 Å². The Morgan fingerprint density at radius 2 is 1.94 bits per heavy atom. The summed E-state index contributed by atoms with van der Waals surface area (Å²) in [5.41, 5.74) is -0.497. The Labute approximate surface area is 205 Å².